The van der Waals surface area contributed by atoms with Gasteiger partial charge in [-0.25, -0.2) is 4.79 Å². The van der Waals surface area contributed by atoms with Gasteiger partial charge in [0, 0.05) is 55.1 Å². The van der Waals surface area contributed by atoms with Gasteiger partial charge in [-0.2, -0.15) is 0 Å². The van der Waals surface area contributed by atoms with E-state index in [1.165, 1.54) is 11.1 Å². The number of nitrogens with zero attached hydrogens (tertiary/aromatic N) is 2. The number of benzene rings is 3. The molecule has 2 heterocycles. The number of anilines is 2. The van der Waals surface area contributed by atoms with Crippen molar-refractivity contribution in [2.45, 2.75) is 51.5 Å². The number of urea groups is 1. The number of fused-ring (bicyclic) bond motifs is 1. The van der Waals surface area contributed by atoms with Gasteiger partial charge in [0.15, 0.2) is 0 Å². The Morgan fingerprint density at radius 2 is 1.60 bits per heavy atom. The number of hydrogen-bond donors (Lipinski definition) is 7. The fraction of sp³-hybridized carbons (Fsp3) is 0.368. The number of aromatic nitrogens is 1. The van der Waals surface area contributed by atoms with Crippen molar-refractivity contribution >= 4 is 58.5 Å². The summed E-state index contributed by atoms with van der Waals surface area (Å²) in [5, 5.41) is 31.4. The Morgan fingerprint density at radius 1 is 0.865 bits per heavy atom. The second-order valence-electron chi connectivity index (χ2n) is 13.1. The van der Waals surface area contributed by atoms with Gasteiger partial charge in [-0.1, -0.05) is 68.1 Å². The van der Waals surface area contributed by atoms with Crippen molar-refractivity contribution in [3.8, 4) is 0 Å². The van der Waals surface area contributed by atoms with Crippen LogP contribution in [0.3, 0.4) is 0 Å². The summed E-state index contributed by atoms with van der Waals surface area (Å²) in [7, 11) is -1.48. The van der Waals surface area contributed by atoms with E-state index >= 15 is 0 Å². The minimum absolute atomic E-state index is 0.0972. The number of ketones is 1. The minimum Gasteiger partial charge on any atom is -0.423 e. The number of H-pyrrole nitrogens is 1. The molecule has 5 rings (SSSR count). The molecule has 1 aliphatic rings. The molecule has 52 heavy (non-hydrogen) atoms. The maximum atomic E-state index is 13.4. The lowest BCUT2D eigenvalue weighted by Gasteiger charge is -2.39. The molecule has 1 saturated heterocycles. The van der Waals surface area contributed by atoms with E-state index in [9.17, 15) is 29.2 Å². The van der Waals surface area contributed by atoms with Crippen molar-refractivity contribution in [3.63, 3.8) is 0 Å². The highest BCUT2D eigenvalue weighted by Gasteiger charge is 2.34. The van der Waals surface area contributed by atoms with Gasteiger partial charge in [0.05, 0.1) is 23.4 Å². The van der Waals surface area contributed by atoms with Crippen molar-refractivity contribution in [3.05, 3.63) is 90.1 Å². The number of rotatable bonds is 17. The van der Waals surface area contributed by atoms with E-state index in [1.807, 2.05) is 31.2 Å². The molecule has 3 aromatic carbocycles. The monoisotopic (exact) mass is 709 g/mol. The maximum Gasteiger partial charge on any atom is 0.488 e. The van der Waals surface area contributed by atoms with Crippen LogP contribution in [-0.4, -0.2) is 101 Å². The zero-order valence-electron chi connectivity index (χ0n) is 29.6. The number of carbonyl (C=O) groups excluding carboxylic acids is 4. The first-order chi connectivity index (χ1) is 25.2. The Labute approximate surface area is 304 Å². The number of nitrogens with one attached hydrogen (secondary N) is 5. The first-order valence-electron chi connectivity index (χ1n) is 18.0. The second-order valence-corrected chi connectivity index (χ2v) is 13.1. The zero-order chi connectivity index (χ0) is 36.9. The Morgan fingerprint density at radius 3 is 2.35 bits per heavy atom. The SMILES string of the molecule is CC1CN(C(=O)c2ccccc2)CCN1C(=O)C(=O)c1c[nH]c2c(NC(=O)NCCCCCCCCNCNc3cccc(B(O)O)c3)cccc12. The maximum absolute atomic E-state index is 13.4. The van der Waals surface area contributed by atoms with E-state index in [1.54, 1.807) is 53.4 Å². The average Bonchev–Trinajstić information content (AvgIpc) is 3.60. The van der Waals surface area contributed by atoms with Crippen LogP contribution < -0.4 is 26.7 Å². The zero-order valence-corrected chi connectivity index (χ0v) is 29.6. The highest BCUT2D eigenvalue weighted by Crippen LogP contribution is 2.27. The summed E-state index contributed by atoms with van der Waals surface area (Å²) in [5.74, 6) is -1.36. The highest BCUT2D eigenvalue weighted by molar-refractivity contribution is 6.58. The molecule has 0 aliphatic carbocycles. The molecule has 0 saturated carbocycles. The first-order valence-corrected chi connectivity index (χ1v) is 18.0. The van der Waals surface area contributed by atoms with Gasteiger partial charge in [-0.3, -0.25) is 14.4 Å². The van der Waals surface area contributed by atoms with Crippen LogP contribution in [0.5, 0.6) is 0 Å². The standard InChI is InChI=1S/C38H48BN7O6/c1-27-25-45(36(48)28-13-7-6-8-14-28)21-22-46(27)37(49)35(47)32-24-42-34-31(32)17-12-18-33(34)44-38(50)41-20-10-5-3-2-4-9-19-40-26-43-30-16-11-15-29(23-30)39(51)52/h6-8,11-18,23-24,27,40,42-43,51-52H,2-5,9-10,19-22,25-26H2,1H3,(H2,41,44,50). The number of Topliss-reactive ketones (excluding diaryl/α,β-unsaturated/α-hetero) is 1. The van der Waals surface area contributed by atoms with Crippen LogP contribution in [0.25, 0.3) is 10.9 Å². The van der Waals surface area contributed by atoms with Crippen LogP contribution in [0.15, 0.2) is 79.0 Å². The summed E-state index contributed by atoms with van der Waals surface area (Å²) in [6, 6.07) is 20.6. The predicted octanol–water partition coefficient (Wildman–Crippen LogP) is 3.52. The van der Waals surface area contributed by atoms with Gasteiger partial charge in [-0.05, 0) is 62.1 Å². The second kappa shape index (κ2) is 18.9. The third-order valence-corrected chi connectivity index (χ3v) is 9.27. The van der Waals surface area contributed by atoms with Gasteiger partial charge in [-0.15, -0.1) is 0 Å². The molecule has 0 spiro atoms. The average molecular weight is 710 g/mol. The topological polar surface area (TPSA) is 179 Å². The normalized spacial score (nSPS) is 14.2. The van der Waals surface area contributed by atoms with Gasteiger partial charge >= 0.3 is 13.1 Å². The molecular weight excluding hydrogens is 661 g/mol. The van der Waals surface area contributed by atoms with Crippen molar-refractivity contribution in [1.82, 2.24) is 25.4 Å². The van der Waals surface area contributed by atoms with E-state index in [-0.39, 0.29) is 30.1 Å². The quantitative estimate of drug-likeness (QED) is 0.0286. The number of unbranched alkanes of at least 4 members (excludes halogenated alkanes) is 5. The number of amides is 4. The summed E-state index contributed by atoms with van der Waals surface area (Å²) < 4.78 is 0. The molecule has 1 aromatic heterocycles. The summed E-state index contributed by atoms with van der Waals surface area (Å²) >= 11 is 0. The van der Waals surface area contributed by atoms with Crippen LogP contribution in [0.2, 0.25) is 0 Å². The van der Waals surface area contributed by atoms with Crippen molar-refractivity contribution in [2.75, 3.05) is 50.0 Å². The Bertz CT molecular complexity index is 1820. The first kappa shape index (κ1) is 38.1. The van der Waals surface area contributed by atoms with Crippen LogP contribution in [0.1, 0.15) is 66.2 Å². The molecule has 1 atom stereocenters. The molecule has 1 aliphatic heterocycles. The van der Waals surface area contributed by atoms with Gasteiger partial charge in [0.2, 0.25) is 0 Å². The Hall–Kier alpha value is -5.18. The molecule has 14 heteroatoms. The van der Waals surface area contributed by atoms with E-state index in [4.69, 9.17) is 0 Å². The Balaban J connectivity index is 0.977. The van der Waals surface area contributed by atoms with Gasteiger partial charge < -0.3 is 46.1 Å². The molecule has 4 amide bonds. The number of carbonyl (C=O) groups is 4. The fourth-order valence-electron chi connectivity index (χ4n) is 6.41. The smallest absolute Gasteiger partial charge is 0.423 e. The number of aromatic amines is 1. The molecule has 1 fully saturated rings. The van der Waals surface area contributed by atoms with E-state index in [2.05, 4.69) is 26.3 Å². The van der Waals surface area contributed by atoms with Crippen LogP contribution in [0.4, 0.5) is 16.2 Å². The van der Waals surface area contributed by atoms with Crippen molar-refractivity contribution in [2.24, 2.45) is 0 Å². The van der Waals surface area contributed by atoms with Crippen LogP contribution >= 0.6 is 0 Å². The third kappa shape index (κ3) is 10.2. The summed E-state index contributed by atoms with van der Waals surface area (Å²) in [5.41, 5.74) is 3.16. The van der Waals surface area contributed by atoms with Crippen LogP contribution in [-0.2, 0) is 4.79 Å². The van der Waals surface area contributed by atoms with Crippen LogP contribution in [0, 0.1) is 0 Å². The van der Waals surface area contributed by atoms with E-state index < -0.39 is 18.8 Å². The van der Waals surface area contributed by atoms with Crippen molar-refractivity contribution < 1.29 is 29.2 Å². The largest absolute Gasteiger partial charge is 0.488 e. The molecule has 4 aromatic rings. The van der Waals surface area contributed by atoms with Crippen molar-refractivity contribution in [1.29, 1.82) is 0 Å². The highest BCUT2D eigenvalue weighted by atomic mass is 16.4. The predicted molar refractivity (Wildman–Crippen MR) is 204 cm³/mol. The van der Waals surface area contributed by atoms with Gasteiger partial charge in [0.1, 0.15) is 0 Å². The van der Waals surface area contributed by atoms with E-state index in [0.717, 1.165) is 50.8 Å². The molecule has 7 N–H and O–H groups in total. The molecular formula is C38H48BN7O6. The number of para-hydroxylation sites is 1. The summed E-state index contributed by atoms with van der Waals surface area (Å²) in [6.07, 6.45) is 7.72. The lowest BCUT2D eigenvalue weighted by Crippen LogP contribution is -2.56. The number of hydrogen-bond acceptors (Lipinski definition) is 8. The number of piperazine rings is 1. The minimum atomic E-state index is -1.48. The van der Waals surface area contributed by atoms with E-state index in [0.29, 0.717) is 53.9 Å². The lowest BCUT2D eigenvalue weighted by atomic mass is 9.80. The molecule has 0 radical (unpaired) electrons. The molecule has 1 unspecified atom stereocenters. The lowest BCUT2D eigenvalue weighted by molar-refractivity contribution is -0.130. The van der Waals surface area contributed by atoms with Gasteiger partial charge in [0.25, 0.3) is 17.6 Å². The molecule has 274 valence electrons. The molecule has 0 bridgehead atoms. The third-order valence-electron chi connectivity index (χ3n) is 9.27. The summed E-state index contributed by atoms with van der Waals surface area (Å²) in [4.78, 5) is 58.7. The molecule has 13 nitrogen and oxygen atoms in total. The Kier molecular flexibility index (Phi) is 13.8. The fourth-order valence-corrected chi connectivity index (χ4v) is 6.41. The summed E-state index contributed by atoms with van der Waals surface area (Å²) in [6.45, 7) is 4.77.